The highest BCUT2D eigenvalue weighted by Crippen LogP contribution is 2.20. The standard InChI is InChI=1S/C11H13N5O4S/c12-11-9(5-13-15-11)6-14-21(19,20)7-8-3-1-2-4-10(8)16(17)18/h1-5,14H,6-7H2,(H3,12,13,15). The van der Waals surface area contributed by atoms with Crippen LogP contribution < -0.4 is 10.5 Å². The number of nitro groups is 1. The van der Waals surface area contributed by atoms with E-state index >= 15 is 0 Å². The lowest BCUT2D eigenvalue weighted by Gasteiger charge is -2.06. The molecule has 2 rings (SSSR count). The molecule has 1 aromatic carbocycles. The summed E-state index contributed by atoms with van der Waals surface area (Å²) in [6, 6.07) is 5.70. The Kier molecular flexibility index (Phi) is 4.19. The van der Waals surface area contributed by atoms with Crippen LogP contribution in [0.3, 0.4) is 0 Å². The average Bonchev–Trinajstić information content (AvgIpc) is 2.82. The van der Waals surface area contributed by atoms with Crippen molar-refractivity contribution in [3.8, 4) is 0 Å². The third kappa shape index (κ3) is 3.77. The van der Waals surface area contributed by atoms with Crippen LogP contribution in [0.25, 0.3) is 0 Å². The molecule has 0 aliphatic heterocycles. The van der Waals surface area contributed by atoms with Crippen molar-refractivity contribution < 1.29 is 13.3 Å². The topological polar surface area (TPSA) is 144 Å². The molecule has 0 bridgehead atoms. The number of nitrogen functional groups attached to an aromatic ring is 1. The number of para-hydroxylation sites is 1. The van der Waals surface area contributed by atoms with Crippen LogP contribution in [0.2, 0.25) is 0 Å². The Balaban J connectivity index is 2.11. The summed E-state index contributed by atoms with van der Waals surface area (Å²) in [7, 11) is -3.74. The zero-order valence-electron chi connectivity index (χ0n) is 10.8. The molecule has 112 valence electrons. The van der Waals surface area contributed by atoms with Gasteiger partial charge >= 0.3 is 0 Å². The molecule has 1 heterocycles. The summed E-state index contributed by atoms with van der Waals surface area (Å²) < 4.78 is 26.3. The Morgan fingerprint density at radius 1 is 1.33 bits per heavy atom. The normalized spacial score (nSPS) is 11.4. The SMILES string of the molecule is Nc1[nH]ncc1CNS(=O)(=O)Cc1ccccc1[N+](=O)[O-]. The summed E-state index contributed by atoms with van der Waals surface area (Å²) >= 11 is 0. The highest BCUT2D eigenvalue weighted by Gasteiger charge is 2.19. The number of nitro benzene ring substituents is 1. The first kappa shape index (κ1) is 14.9. The number of nitrogens with zero attached hydrogens (tertiary/aromatic N) is 2. The summed E-state index contributed by atoms with van der Waals surface area (Å²) in [4.78, 5) is 10.2. The van der Waals surface area contributed by atoms with Crippen molar-refractivity contribution in [3.05, 3.63) is 51.7 Å². The maximum Gasteiger partial charge on any atom is 0.273 e. The van der Waals surface area contributed by atoms with Crippen molar-refractivity contribution in [3.63, 3.8) is 0 Å². The number of benzene rings is 1. The predicted octanol–water partition coefficient (Wildman–Crippen LogP) is 0.520. The number of rotatable bonds is 6. The lowest BCUT2D eigenvalue weighted by atomic mass is 10.2. The van der Waals surface area contributed by atoms with Crippen LogP contribution in [-0.4, -0.2) is 23.5 Å². The fraction of sp³-hybridized carbons (Fsp3) is 0.182. The van der Waals surface area contributed by atoms with Crippen molar-refractivity contribution in [1.82, 2.24) is 14.9 Å². The molecule has 0 atom stereocenters. The minimum atomic E-state index is -3.74. The molecule has 4 N–H and O–H groups in total. The Morgan fingerprint density at radius 2 is 2.05 bits per heavy atom. The van der Waals surface area contributed by atoms with E-state index in [1.165, 1.54) is 24.4 Å². The molecule has 0 aliphatic carbocycles. The zero-order valence-corrected chi connectivity index (χ0v) is 11.6. The van der Waals surface area contributed by atoms with Gasteiger partial charge in [0.15, 0.2) is 0 Å². The average molecular weight is 311 g/mol. The number of aromatic amines is 1. The zero-order chi connectivity index (χ0) is 15.5. The molecular formula is C11H13N5O4S. The first-order valence-corrected chi connectivity index (χ1v) is 7.51. The summed E-state index contributed by atoms with van der Waals surface area (Å²) in [5.74, 6) is -0.217. The van der Waals surface area contributed by atoms with Crippen LogP contribution in [0.1, 0.15) is 11.1 Å². The quantitative estimate of drug-likeness (QED) is 0.524. The second kappa shape index (κ2) is 5.89. The second-order valence-electron chi connectivity index (χ2n) is 4.27. The number of anilines is 1. The van der Waals surface area contributed by atoms with Crippen LogP contribution in [0.15, 0.2) is 30.5 Å². The maximum atomic E-state index is 12.0. The van der Waals surface area contributed by atoms with Crippen molar-refractivity contribution >= 4 is 21.5 Å². The van der Waals surface area contributed by atoms with E-state index in [1.807, 2.05) is 0 Å². The van der Waals surface area contributed by atoms with E-state index in [2.05, 4.69) is 14.9 Å². The third-order valence-corrected chi connectivity index (χ3v) is 4.04. The van der Waals surface area contributed by atoms with Crippen LogP contribution in [0.5, 0.6) is 0 Å². The lowest BCUT2D eigenvalue weighted by molar-refractivity contribution is -0.385. The number of hydrogen-bond acceptors (Lipinski definition) is 6. The largest absolute Gasteiger partial charge is 0.384 e. The molecule has 9 nitrogen and oxygen atoms in total. The molecule has 1 aromatic heterocycles. The molecule has 10 heteroatoms. The molecule has 0 fully saturated rings. The van der Waals surface area contributed by atoms with Gasteiger partial charge in [-0.05, 0) is 0 Å². The molecule has 2 aromatic rings. The van der Waals surface area contributed by atoms with Gasteiger partial charge in [-0.25, -0.2) is 13.1 Å². The van der Waals surface area contributed by atoms with E-state index in [-0.39, 0.29) is 23.6 Å². The van der Waals surface area contributed by atoms with Crippen LogP contribution in [0.4, 0.5) is 11.5 Å². The van der Waals surface area contributed by atoms with Gasteiger partial charge in [-0.15, -0.1) is 0 Å². The van der Waals surface area contributed by atoms with E-state index in [1.54, 1.807) is 6.07 Å². The Bertz CT molecular complexity index is 755. The highest BCUT2D eigenvalue weighted by atomic mass is 32.2. The summed E-state index contributed by atoms with van der Waals surface area (Å²) in [5.41, 5.74) is 5.93. The molecule has 0 spiro atoms. The van der Waals surface area contributed by atoms with Crippen LogP contribution >= 0.6 is 0 Å². The van der Waals surface area contributed by atoms with Crippen molar-refractivity contribution in [2.45, 2.75) is 12.3 Å². The van der Waals surface area contributed by atoms with Crippen molar-refractivity contribution in [2.75, 3.05) is 5.73 Å². The van der Waals surface area contributed by atoms with Gasteiger partial charge in [0, 0.05) is 23.7 Å². The molecule has 0 radical (unpaired) electrons. The van der Waals surface area contributed by atoms with Gasteiger partial charge in [0.05, 0.1) is 16.9 Å². The van der Waals surface area contributed by atoms with E-state index in [9.17, 15) is 18.5 Å². The second-order valence-corrected chi connectivity index (χ2v) is 6.08. The number of hydrogen-bond donors (Lipinski definition) is 3. The third-order valence-electron chi connectivity index (χ3n) is 2.77. The van der Waals surface area contributed by atoms with E-state index < -0.39 is 20.7 Å². The van der Waals surface area contributed by atoms with E-state index in [0.717, 1.165) is 0 Å². The molecule has 0 saturated carbocycles. The van der Waals surface area contributed by atoms with Crippen LogP contribution in [0, 0.1) is 10.1 Å². The van der Waals surface area contributed by atoms with Crippen LogP contribution in [-0.2, 0) is 22.3 Å². The fourth-order valence-corrected chi connectivity index (χ4v) is 2.85. The van der Waals surface area contributed by atoms with Gasteiger partial charge in [-0.1, -0.05) is 18.2 Å². The van der Waals surface area contributed by atoms with Gasteiger partial charge in [-0.3, -0.25) is 15.2 Å². The van der Waals surface area contributed by atoms with E-state index in [4.69, 9.17) is 5.73 Å². The molecule has 0 aliphatic rings. The Labute approximate surface area is 120 Å². The molecule has 0 unspecified atom stereocenters. The molecule has 0 saturated heterocycles. The summed E-state index contributed by atoms with van der Waals surface area (Å²) in [5, 5.41) is 17.0. The highest BCUT2D eigenvalue weighted by molar-refractivity contribution is 7.88. The van der Waals surface area contributed by atoms with Crippen molar-refractivity contribution in [1.29, 1.82) is 0 Å². The van der Waals surface area contributed by atoms with Gasteiger partial charge in [-0.2, -0.15) is 5.10 Å². The Hall–Kier alpha value is -2.46. The number of H-pyrrole nitrogens is 1. The number of aromatic nitrogens is 2. The summed E-state index contributed by atoms with van der Waals surface area (Å²) in [6.07, 6.45) is 1.41. The first-order valence-electron chi connectivity index (χ1n) is 5.86. The lowest BCUT2D eigenvalue weighted by Crippen LogP contribution is -2.25. The number of sulfonamides is 1. The maximum absolute atomic E-state index is 12.0. The number of nitrogens with one attached hydrogen (secondary N) is 2. The monoisotopic (exact) mass is 311 g/mol. The van der Waals surface area contributed by atoms with E-state index in [0.29, 0.717) is 5.56 Å². The fourth-order valence-electron chi connectivity index (χ4n) is 1.72. The first-order chi connectivity index (χ1) is 9.89. The molecular weight excluding hydrogens is 298 g/mol. The smallest absolute Gasteiger partial charge is 0.273 e. The molecule has 0 amide bonds. The minimum Gasteiger partial charge on any atom is -0.384 e. The Morgan fingerprint density at radius 3 is 2.67 bits per heavy atom. The minimum absolute atomic E-state index is 0.0364. The predicted molar refractivity (Wildman–Crippen MR) is 75.6 cm³/mol. The van der Waals surface area contributed by atoms with Gasteiger partial charge in [0.25, 0.3) is 5.69 Å². The number of nitrogens with two attached hydrogens (primary N) is 1. The molecule has 21 heavy (non-hydrogen) atoms. The van der Waals surface area contributed by atoms with Gasteiger partial charge < -0.3 is 5.73 Å². The van der Waals surface area contributed by atoms with Gasteiger partial charge in [0.2, 0.25) is 10.0 Å². The van der Waals surface area contributed by atoms with Gasteiger partial charge in [0.1, 0.15) is 5.82 Å². The van der Waals surface area contributed by atoms with Crippen molar-refractivity contribution in [2.24, 2.45) is 0 Å². The summed E-state index contributed by atoms with van der Waals surface area (Å²) in [6.45, 7) is -0.0364.